The van der Waals surface area contributed by atoms with E-state index in [1.54, 1.807) is 7.05 Å². The van der Waals surface area contributed by atoms with Gasteiger partial charge < -0.3 is 10.6 Å². The van der Waals surface area contributed by atoms with Gasteiger partial charge in [0.15, 0.2) is 0 Å². The fourth-order valence-electron chi connectivity index (χ4n) is 1.71. The van der Waals surface area contributed by atoms with E-state index < -0.39 is 0 Å². The SMILES string of the molecule is CNCC(=O)NC(C)Cc1ccccc1C.Cl. The quantitative estimate of drug-likeness (QED) is 0.842. The van der Waals surface area contributed by atoms with Crippen LogP contribution in [0.25, 0.3) is 0 Å². The van der Waals surface area contributed by atoms with Crippen LogP contribution in [-0.4, -0.2) is 25.5 Å². The predicted molar refractivity (Wildman–Crippen MR) is 73.7 cm³/mol. The highest BCUT2D eigenvalue weighted by atomic mass is 35.5. The van der Waals surface area contributed by atoms with E-state index in [4.69, 9.17) is 0 Å². The molecule has 1 amide bonds. The Balaban J connectivity index is 0.00000256. The topological polar surface area (TPSA) is 41.1 Å². The summed E-state index contributed by atoms with van der Waals surface area (Å²) < 4.78 is 0. The van der Waals surface area contributed by atoms with Gasteiger partial charge in [-0.25, -0.2) is 0 Å². The van der Waals surface area contributed by atoms with Gasteiger partial charge in [0.25, 0.3) is 0 Å². The summed E-state index contributed by atoms with van der Waals surface area (Å²) in [6, 6.07) is 8.43. The van der Waals surface area contributed by atoms with Crippen molar-refractivity contribution in [3.63, 3.8) is 0 Å². The lowest BCUT2D eigenvalue weighted by Gasteiger charge is -2.15. The lowest BCUT2D eigenvalue weighted by Crippen LogP contribution is -2.39. The number of benzene rings is 1. The third-order valence-corrected chi connectivity index (χ3v) is 2.53. The van der Waals surface area contributed by atoms with Crippen LogP contribution >= 0.6 is 12.4 Å². The first-order valence-electron chi connectivity index (χ1n) is 5.62. The molecule has 1 unspecified atom stereocenters. The Labute approximate surface area is 109 Å². The summed E-state index contributed by atoms with van der Waals surface area (Å²) in [5.41, 5.74) is 2.57. The summed E-state index contributed by atoms with van der Waals surface area (Å²) in [5.74, 6) is 0.0450. The van der Waals surface area contributed by atoms with Gasteiger partial charge in [-0.2, -0.15) is 0 Å². The summed E-state index contributed by atoms with van der Waals surface area (Å²) in [6.45, 7) is 4.50. The Kier molecular flexibility index (Phi) is 7.59. The van der Waals surface area contributed by atoms with Gasteiger partial charge in [0.1, 0.15) is 0 Å². The lowest BCUT2D eigenvalue weighted by atomic mass is 10.0. The van der Waals surface area contributed by atoms with Crippen molar-refractivity contribution in [3.8, 4) is 0 Å². The maximum absolute atomic E-state index is 11.4. The van der Waals surface area contributed by atoms with Crippen LogP contribution in [0.15, 0.2) is 24.3 Å². The Morgan fingerprint density at radius 3 is 2.59 bits per heavy atom. The molecule has 0 aliphatic rings. The number of aryl methyl sites for hydroxylation is 1. The molecule has 1 aromatic rings. The standard InChI is InChI=1S/C13H20N2O.ClH/c1-10-6-4-5-7-12(10)8-11(2)15-13(16)9-14-3;/h4-7,11,14H,8-9H2,1-3H3,(H,15,16);1H. The molecule has 1 aromatic carbocycles. The smallest absolute Gasteiger partial charge is 0.234 e. The van der Waals surface area contributed by atoms with Gasteiger partial charge in [-0.3, -0.25) is 4.79 Å². The van der Waals surface area contributed by atoms with Crippen molar-refractivity contribution in [2.24, 2.45) is 0 Å². The highest BCUT2D eigenvalue weighted by molar-refractivity contribution is 5.85. The lowest BCUT2D eigenvalue weighted by molar-refractivity contribution is -0.120. The summed E-state index contributed by atoms with van der Waals surface area (Å²) in [5, 5.41) is 5.79. The molecule has 0 saturated heterocycles. The van der Waals surface area contributed by atoms with Crippen LogP contribution in [0.1, 0.15) is 18.1 Å². The normalized spacial score (nSPS) is 11.5. The molecule has 4 heteroatoms. The van der Waals surface area contributed by atoms with Crippen molar-refractivity contribution in [2.45, 2.75) is 26.3 Å². The minimum absolute atomic E-state index is 0. The second kappa shape index (κ2) is 8.09. The second-order valence-corrected chi connectivity index (χ2v) is 4.13. The molecular formula is C13H21ClN2O. The fraction of sp³-hybridized carbons (Fsp3) is 0.462. The molecule has 2 N–H and O–H groups in total. The van der Waals surface area contributed by atoms with Crippen LogP contribution in [0.3, 0.4) is 0 Å². The second-order valence-electron chi connectivity index (χ2n) is 4.13. The van der Waals surface area contributed by atoms with Crippen LogP contribution in [0.5, 0.6) is 0 Å². The average Bonchev–Trinajstić information content (AvgIpc) is 2.21. The minimum Gasteiger partial charge on any atom is -0.352 e. The number of rotatable bonds is 5. The van der Waals surface area contributed by atoms with Crippen molar-refractivity contribution < 1.29 is 4.79 Å². The average molecular weight is 257 g/mol. The molecule has 0 radical (unpaired) electrons. The van der Waals surface area contributed by atoms with Gasteiger partial charge in [0.2, 0.25) is 5.91 Å². The minimum atomic E-state index is 0. The van der Waals surface area contributed by atoms with Crippen molar-refractivity contribution >= 4 is 18.3 Å². The number of hydrogen-bond donors (Lipinski definition) is 2. The molecule has 96 valence electrons. The summed E-state index contributed by atoms with van der Waals surface area (Å²) >= 11 is 0. The molecule has 0 aliphatic heterocycles. The van der Waals surface area contributed by atoms with E-state index in [-0.39, 0.29) is 24.4 Å². The highest BCUT2D eigenvalue weighted by Gasteiger charge is 2.08. The number of amides is 1. The van der Waals surface area contributed by atoms with E-state index in [0.717, 1.165) is 6.42 Å². The molecule has 3 nitrogen and oxygen atoms in total. The number of carbonyl (C=O) groups is 1. The zero-order valence-electron chi connectivity index (χ0n) is 10.6. The number of halogens is 1. The van der Waals surface area contributed by atoms with Crippen molar-refractivity contribution in [3.05, 3.63) is 35.4 Å². The molecule has 0 heterocycles. The monoisotopic (exact) mass is 256 g/mol. The van der Waals surface area contributed by atoms with Gasteiger partial charge in [-0.05, 0) is 38.4 Å². The fourth-order valence-corrected chi connectivity index (χ4v) is 1.71. The Bertz CT molecular complexity index is 355. The van der Waals surface area contributed by atoms with Crippen molar-refractivity contribution in [1.82, 2.24) is 10.6 Å². The van der Waals surface area contributed by atoms with Crippen LogP contribution in [-0.2, 0) is 11.2 Å². The van der Waals surface area contributed by atoms with E-state index in [1.165, 1.54) is 11.1 Å². The molecule has 0 aromatic heterocycles. The Morgan fingerprint density at radius 2 is 2.00 bits per heavy atom. The largest absolute Gasteiger partial charge is 0.352 e. The van der Waals surface area contributed by atoms with Gasteiger partial charge in [-0.15, -0.1) is 12.4 Å². The zero-order valence-corrected chi connectivity index (χ0v) is 11.4. The van der Waals surface area contributed by atoms with Gasteiger partial charge in [-0.1, -0.05) is 24.3 Å². The predicted octanol–water partition coefficient (Wildman–Crippen LogP) is 1.68. The molecule has 0 spiro atoms. The number of carbonyl (C=O) groups excluding carboxylic acids is 1. The van der Waals surface area contributed by atoms with E-state index in [0.29, 0.717) is 6.54 Å². The van der Waals surface area contributed by atoms with Crippen LogP contribution < -0.4 is 10.6 Å². The summed E-state index contributed by atoms with van der Waals surface area (Å²) in [7, 11) is 1.77. The number of likely N-dealkylation sites (N-methyl/N-ethyl adjacent to an activating group) is 1. The third-order valence-electron chi connectivity index (χ3n) is 2.53. The van der Waals surface area contributed by atoms with Crippen LogP contribution in [0, 0.1) is 6.92 Å². The van der Waals surface area contributed by atoms with Gasteiger partial charge >= 0.3 is 0 Å². The van der Waals surface area contributed by atoms with Crippen LogP contribution in [0.2, 0.25) is 0 Å². The molecule has 0 saturated carbocycles. The molecule has 1 rings (SSSR count). The number of nitrogens with one attached hydrogen (secondary N) is 2. The van der Waals surface area contributed by atoms with Crippen LogP contribution in [0.4, 0.5) is 0 Å². The van der Waals surface area contributed by atoms with Crippen molar-refractivity contribution in [1.29, 1.82) is 0 Å². The van der Waals surface area contributed by atoms with Gasteiger partial charge in [0, 0.05) is 6.04 Å². The molecule has 0 bridgehead atoms. The molecule has 17 heavy (non-hydrogen) atoms. The maximum atomic E-state index is 11.4. The highest BCUT2D eigenvalue weighted by Crippen LogP contribution is 2.09. The summed E-state index contributed by atoms with van der Waals surface area (Å²) in [4.78, 5) is 11.4. The molecular weight excluding hydrogens is 236 g/mol. The van der Waals surface area contributed by atoms with Crippen molar-refractivity contribution in [2.75, 3.05) is 13.6 Å². The first-order chi connectivity index (χ1) is 7.63. The third kappa shape index (κ3) is 5.71. The first kappa shape index (κ1) is 15.9. The van der Waals surface area contributed by atoms with E-state index in [2.05, 4.69) is 29.7 Å². The van der Waals surface area contributed by atoms with E-state index >= 15 is 0 Å². The van der Waals surface area contributed by atoms with E-state index in [9.17, 15) is 4.79 Å². The molecule has 1 atom stereocenters. The number of hydrogen-bond acceptors (Lipinski definition) is 2. The molecule has 0 fully saturated rings. The Morgan fingerprint density at radius 1 is 1.35 bits per heavy atom. The van der Waals surface area contributed by atoms with Gasteiger partial charge in [0.05, 0.1) is 6.54 Å². The maximum Gasteiger partial charge on any atom is 0.234 e. The zero-order chi connectivity index (χ0) is 12.0. The summed E-state index contributed by atoms with van der Waals surface area (Å²) in [6.07, 6.45) is 0.877. The Hall–Kier alpha value is -1.06. The van der Waals surface area contributed by atoms with E-state index in [1.807, 2.05) is 19.1 Å². The first-order valence-corrected chi connectivity index (χ1v) is 5.62. The molecule has 0 aliphatic carbocycles.